The lowest BCUT2D eigenvalue weighted by Gasteiger charge is -2.12. The summed E-state index contributed by atoms with van der Waals surface area (Å²) in [6.45, 7) is 1.74. The first-order chi connectivity index (χ1) is 14.4. The van der Waals surface area contributed by atoms with E-state index >= 15 is 0 Å². The van der Waals surface area contributed by atoms with Crippen molar-refractivity contribution in [3.8, 4) is 11.5 Å². The molecule has 2 N–H and O–H groups in total. The summed E-state index contributed by atoms with van der Waals surface area (Å²) in [6.07, 6.45) is 0. The average molecular weight is 425 g/mol. The van der Waals surface area contributed by atoms with Crippen LogP contribution in [0.3, 0.4) is 0 Å². The summed E-state index contributed by atoms with van der Waals surface area (Å²) < 4.78 is 10.8. The van der Waals surface area contributed by atoms with Gasteiger partial charge in [0.05, 0.1) is 7.11 Å². The zero-order valence-electron chi connectivity index (χ0n) is 16.6. The number of halogens is 1. The lowest BCUT2D eigenvalue weighted by Crippen LogP contribution is -2.20. The fraction of sp³-hybridized carbons (Fsp3) is 0.130. The smallest absolute Gasteiger partial charge is 0.262 e. The zero-order chi connectivity index (χ0) is 21.5. The first-order valence-electron chi connectivity index (χ1n) is 9.19. The van der Waals surface area contributed by atoms with Crippen LogP contribution in [0.1, 0.15) is 15.9 Å². The highest BCUT2D eigenvalue weighted by molar-refractivity contribution is 6.31. The molecule has 6 nitrogen and oxygen atoms in total. The van der Waals surface area contributed by atoms with Crippen LogP contribution in [-0.4, -0.2) is 25.5 Å². The molecule has 0 saturated carbocycles. The Morgan fingerprint density at radius 1 is 0.900 bits per heavy atom. The van der Waals surface area contributed by atoms with Crippen molar-refractivity contribution in [3.05, 3.63) is 82.9 Å². The number of carbonyl (C=O) groups is 2. The maximum Gasteiger partial charge on any atom is 0.262 e. The molecular weight excluding hydrogens is 404 g/mol. The van der Waals surface area contributed by atoms with Crippen molar-refractivity contribution >= 4 is 34.8 Å². The maximum atomic E-state index is 12.5. The molecule has 154 valence electrons. The van der Waals surface area contributed by atoms with E-state index in [4.69, 9.17) is 21.1 Å². The zero-order valence-corrected chi connectivity index (χ0v) is 17.3. The third-order valence-corrected chi connectivity index (χ3v) is 4.40. The van der Waals surface area contributed by atoms with E-state index in [1.807, 2.05) is 19.1 Å². The first kappa shape index (κ1) is 21.2. The molecule has 0 aliphatic heterocycles. The van der Waals surface area contributed by atoms with Crippen LogP contribution in [0.2, 0.25) is 5.02 Å². The van der Waals surface area contributed by atoms with Gasteiger partial charge in [-0.3, -0.25) is 9.59 Å². The molecule has 0 aliphatic rings. The minimum absolute atomic E-state index is 0.196. The molecule has 0 spiro atoms. The predicted octanol–water partition coefficient (Wildman–Crippen LogP) is 4.93. The van der Waals surface area contributed by atoms with Crippen molar-refractivity contribution in [1.82, 2.24) is 0 Å². The number of hydrogen-bond donors (Lipinski definition) is 2. The van der Waals surface area contributed by atoms with Gasteiger partial charge in [-0.25, -0.2) is 0 Å². The fourth-order valence-electron chi connectivity index (χ4n) is 2.74. The van der Waals surface area contributed by atoms with Crippen LogP contribution in [0.5, 0.6) is 11.5 Å². The number of carbonyl (C=O) groups excluding carboxylic acids is 2. The van der Waals surface area contributed by atoms with Gasteiger partial charge in [0, 0.05) is 22.0 Å². The predicted molar refractivity (Wildman–Crippen MR) is 118 cm³/mol. The highest BCUT2D eigenvalue weighted by Gasteiger charge is 2.11. The lowest BCUT2D eigenvalue weighted by molar-refractivity contribution is -0.118. The Hall–Kier alpha value is -3.51. The molecule has 0 aliphatic carbocycles. The van der Waals surface area contributed by atoms with Crippen molar-refractivity contribution in [3.63, 3.8) is 0 Å². The van der Waals surface area contributed by atoms with E-state index in [-0.39, 0.29) is 18.4 Å². The van der Waals surface area contributed by atoms with Crippen molar-refractivity contribution < 1.29 is 19.1 Å². The van der Waals surface area contributed by atoms with Gasteiger partial charge in [0.25, 0.3) is 11.8 Å². The van der Waals surface area contributed by atoms with E-state index in [2.05, 4.69) is 10.6 Å². The molecule has 7 heteroatoms. The van der Waals surface area contributed by atoms with Crippen LogP contribution in [-0.2, 0) is 4.79 Å². The van der Waals surface area contributed by atoms with Gasteiger partial charge in [0.15, 0.2) is 18.1 Å². The normalized spacial score (nSPS) is 10.2. The topological polar surface area (TPSA) is 76.7 Å². The van der Waals surface area contributed by atoms with Crippen LogP contribution in [0.15, 0.2) is 66.7 Å². The van der Waals surface area contributed by atoms with E-state index in [1.54, 1.807) is 61.7 Å². The van der Waals surface area contributed by atoms with E-state index in [9.17, 15) is 9.59 Å². The van der Waals surface area contributed by atoms with Gasteiger partial charge in [-0.05, 0) is 61.0 Å². The number of benzene rings is 3. The standard InChI is InChI=1S/C23H21ClN2O4/c1-15-9-10-20(21(11-15)29-2)30-14-22(27)25-18-7-3-5-16(12-18)23(28)26-19-8-4-6-17(24)13-19/h3-13H,14H2,1-2H3,(H,25,27)(H,26,28). The molecule has 0 bridgehead atoms. The van der Waals surface area contributed by atoms with Gasteiger partial charge in [0.1, 0.15) is 0 Å². The molecule has 3 rings (SSSR count). The molecule has 3 aromatic rings. The molecule has 30 heavy (non-hydrogen) atoms. The van der Waals surface area contributed by atoms with Crippen molar-refractivity contribution in [2.45, 2.75) is 6.92 Å². The molecule has 3 aromatic carbocycles. The Labute approximate surface area is 179 Å². The monoisotopic (exact) mass is 424 g/mol. The van der Waals surface area contributed by atoms with E-state index in [0.717, 1.165) is 5.56 Å². The van der Waals surface area contributed by atoms with E-state index < -0.39 is 0 Å². The van der Waals surface area contributed by atoms with Gasteiger partial charge < -0.3 is 20.1 Å². The second-order valence-corrected chi connectivity index (χ2v) is 6.97. The lowest BCUT2D eigenvalue weighted by atomic mass is 10.2. The first-order valence-corrected chi connectivity index (χ1v) is 9.56. The summed E-state index contributed by atoms with van der Waals surface area (Å²) in [7, 11) is 1.54. The highest BCUT2D eigenvalue weighted by Crippen LogP contribution is 2.27. The fourth-order valence-corrected chi connectivity index (χ4v) is 2.93. The number of rotatable bonds is 7. The Morgan fingerprint density at radius 2 is 1.63 bits per heavy atom. The number of hydrogen-bond acceptors (Lipinski definition) is 4. The third kappa shape index (κ3) is 5.75. The molecule has 0 saturated heterocycles. The number of nitrogens with one attached hydrogen (secondary N) is 2. The minimum Gasteiger partial charge on any atom is -0.493 e. The van der Waals surface area contributed by atoms with Crippen LogP contribution >= 0.6 is 11.6 Å². The summed E-state index contributed by atoms with van der Waals surface area (Å²) in [6, 6.07) is 18.9. The van der Waals surface area contributed by atoms with Crippen molar-refractivity contribution in [1.29, 1.82) is 0 Å². The second-order valence-electron chi connectivity index (χ2n) is 6.54. The molecule has 0 aromatic heterocycles. The Morgan fingerprint density at radius 3 is 2.37 bits per heavy atom. The number of aryl methyl sites for hydroxylation is 1. The quantitative estimate of drug-likeness (QED) is 0.564. The van der Waals surface area contributed by atoms with E-state index in [0.29, 0.717) is 33.5 Å². The molecule has 2 amide bonds. The molecule has 0 unspecified atom stereocenters. The summed E-state index contributed by atoms with van der Waals surface area (Å²) in [5.74, 6) is 0.370. The Balaban J connectivity index is 1.60. The SMILES string of the molecule is COc1cc(C)ccc1OCC(=O)Nc1cccc(C(=O)Nc2cccc(Cl)c2)c1. The average Bonchev–Trinajstić information content (AvgIpc) is 2.73. The molecule has 0 radical (unpaired) electrons. The molecular formula is C23H21ClN2O4. The van der Waals surface area contributed by atoms with Crippen LogP contribution in [0.4, 0.5) is 11.4 Å². The number of ether oxygens (including phenoxy) is 2. The maximum absolute atomic E-state index is 12.5. The largest absolute Gasteiger partial charge is 0.493 e. The molecule has 0 heterocycles. The molecule has 0 fully saturated rings. The highest BCUT2D eigenvalue weighted by atomic mass is 35.5. The van der Waals surface area contributed by atoms with Gasteiger partial charge in [0.2, 0.25) is 0 Å². The summed E-state index contributed by atoms with van der Waals surface area (Å²) in [4.78, 5) is 24.7. The van der Waals surface area contributed by atoms with Crippen molar-refractivity contribution in [2.24, 2.45) is 0 Å². The van der Waals surface area contributed by atoms with Crippen LogP contribution in [0, 0.1) is 6.92 Å². The van der Waals surface area contributed by atoms with Crippen LogP contribution in [0.25, 0.3) is 0 Å². The summed E-state index contributed by atoms with van der Waals surface area (Å²) in [5, 5.41) is 6.02. The number of anilines is 2. The molecule has 0 atom stereocenters. The van der Waals surface area contributed by atoms with E-state index in [1.165, 1.54) is 0 Å². The van der Waals surface area contributed by atoms with Gasteiger partial charge >= 0.3 is 0 Å². The van der Waals surface area contributed by atoms with Gasteiger partial charge in [-0.1, -0.05) is 29.8 Å². The third-order valence-electron chi connectivity index (χ3n) is 4.17. The Bertz CT molecular complexity index is 1070. The summed E-state index contributed by atoms with van der Waals surface area (Å²) >= 11 is 5.94. The van der Waals surface area contributed by atoms with Gasteiger partial charge in [-0.2, -0.15) is 0 Å². The van der Waals surface area contributed by atoms with Gasteiger partial charge in [-0.15, -0.1) is 0 Å². The Kier molecular flexibility index (Phi) is 6.93. The summed E-state index contributed by atoms with van der Waals surface area (Å²) in [5.41, 5.74) is 2.49. The number of amides is 2. The van der Waals surface area contributed by atoms with Crippen LogP contribution < -0.4 is 20.1 Å². The number of methoxy groups -OCH3 is 1. The van der Waals surface area contributed by atoms with Crippen molar-refractivity contribution in [2.75, 3.05) is 24.4 Å². The second kappa shape index (κ2) is 9.80. The minimum atomic E-state index is -0.356.